The van der Waals surface area contributed by atoms with Crippen molar-refractivity contribution >= 4 is 21.8 Å². The second-order valence-corrected chi connectivity index (χ2v) is 11.5. The van der Waals surface area contributed by atoms with Crippen LogP contribution in [0.1, 0.15) is 24.2 Å². The lowest BCUT2D eigenvalue weighted by atomic mass is 9.97. The quantitative estimate of drug-likeness (QED) is 0.109. The van der Waals surface area contributed by atoms with E-state index in [1.807, 2.05) is 0 Å². The van der Waals surface area contributed by atoms with E-state index >= 15 is 0 Å². The molecule has 0 unspecified atom stereocenters. The minimum atomic E-state index is -1.74. The van der Waals surface area contributed by atoms with E-state index in [2.05, 4.69) is 70.6 Å². The van der Waals surface area contributed by atoms with Crippen LogP contribution in [0.25, 0.3) is 21.8 Å². The van der Waals surface area contributed by atoms with Crippen molar-refractivity contribution in [1.29, 1.82) is 0 Å². The van der Waals surface area contributed by atoms with E-state index in [4.69, 9.17) is 19.3 Å². The molecule has 10 N–H and O–H groups in total. The van der Waals surface area contributed by atoms with E-state index in [-0.39, 0.29) is 0 Å². The molecule has 2 aliphatic rings. The molecule has 4 heterocycles. The molecule has 6 rings (SSSR count). The fraction of sp³-hybridized carbons (Fsp3) is 0.500. The summed E-state index contributed by atoms with van der Waals surface area (Å²) in [6.07, 6.45) is -10.9. The van der Waals surface area contributed by atoms with Crippen molar-refractivity contribution in [3.05, 3.63) is 72.1 Å². The highest BCUT2D eigenvalue weighted by Crippen LogP contribution is 2.28. The minimum Gasteiger partial charge on any atom is -0.394 e. The number of aliphatic hydroxyl groups excluding tert-OH is 8. The van der Waals surface area contributed by atoms with Crippen LogP contribution in [-0.4, -0.2) is 125 Å². The largest absolute Gasteiger partial charge is 0.394 e. The lowest BCUT2D eigenvalue weighted by molar-refractivity contribution is -0.355. The highest BCUT2D eigenvalue weighted by Gasteiger charge is 2.50. The number of hydrogen-bond acceptors (Lipinski definition) is 11. The Morgan fingerprint density at radius 1 is 0.600 bits per heavy atom. The number of aliphatic hydroxyl groups is 8. The lowest BCUT2D eigenvalue weighted by Gasteiger charge is -2.45. The highest BCUT2D eigenvalue weighted by molar-refractivity contribution is 5.80. The van der Waals surface area contributed by atoms with Gasteiger partial charge in [-0.05, 0) is 60.7 Å². The van der Waals surface area contributed by atoms with Gasteiger partial charge in [0.25, 0.3) is 0 Å². The van der Waals surface area contributed by atoms with Gasteiger partial charge in [0.05, 0.1) is 13.2 Å². The van der Waals surface area contributed by atoms with Gasteiger partial charge in [-0.25, -0.2) is 0 Å². The summed E-state index contributed by atoms with van der Waals surface area (Å²) in [6.45, 7) is -1.35. The Labute approximate surface area is 259 Å². The van der Waals surface area contributed by atoms with Crippen molar-refractivity contribution < 1.29 is 55.1 Å². The van der Waals surface area contributed by atoms with Gasteiger partial charge in [0.2, 0.25) is 0 Å². The zero-order chi connectivity index (χ0) is 32.1. The maximum absolute atomic E-state index is 9.94. The number of unbranched alkanes of at least 4 members (excludes halogenated alkanes) is 1. The third-order valence-electron chi connectivity index (χ3n) is 8.29. The Morgan fingerprint density at radius 3 is 1.64 bits per heavy atom. The molecule has 4 aromatic rings. The van der Waals surface area contributed by atoms with Gasteiger partial charge < -0.3 is 65.0 Å². The number of aromatic amines is 2. The molecule has 0 radical (unpaired) electrons. The summed E-state index contributed by atoms with van der Waals surface area (Å²) in [4.78, 5) is 7.02. The number of benzene rings is 2. The summed E-state index contributed by atoms with van der Waals surface area (Å²) in [6, 6.07) is 21.5. The van der Waals surface area contributed by atoms with Crippen LogP contribution in [0.5, 0.6) is 0 Å². The predicted octanol–water partition coefficient (Wildman–Crippen LogP) is -0.183. The number of aryl methyl sites for hydroxylation is 2. The van der Waals surface area contributed by atoms with Crippen molar-refractivity contribution in [2.24, 2.45) is 0 Å². The SMILES string of the molecule is OC[C@H]1O[C@@H](O[C@H]2[C@H](O)[C@@H](O)[C@H](O)O[C@@H]2CO)[C@H](O)[C@@H](O)[C@H]1O.c1ccc2[nH]c(CCCCc3cc4ccccc4[nH]3)cc2c1. The number of H-pyrrole nitrogens is 2. The first-order valence-corrected chi connectivity index (χ1v) is 15.1. The second kappa shape index (κ2) is 15.1. The number of hydrogen-bond donors (Lipinski definition) is 10. The van der Waals surface area contributed by atoms with Gasteiger partial charge >= 0.3 is 0 Å². The van der Waals surface area contributed by atoms with Crippen molar-refractivity contribution in [3.8, 4) is 0 Å². The molecule has 2 aromatic heterocycles. The first-order valence-electron chi connectivity index (χ1n) is 15.1. The Balaban J connectivity index is 0.000000178. The monoisotopic (exact) mass is 630 g/mol. The van der Waals surface area contributed by atoms with Crippen LogP contribution in [0.2, 0.25) is 0 Å². The smallest absolute Gasteiger partial charge is 0.187 e. The Morgan fingerprint density at radius 2 is 1.13 bits per heavy atom. The van der Waals surface area contributed by atoms with Gasteiger partial charge in [-0.3, -0.25) is 0 Å². The standard InChI is InChI=1S/C20H20N2.C12H22O11/c1-5-11-19-15(7-1)13-17(21-19)9-3-4-10-18-14-16-8-2-6-12-20(16)22-18;13-1-3-5(15)6(16)9(19)12(22-3)23-10-4(2-14)21-11(20)8(18)7(10)17/h1-2,5-8,11-14,21-22H,3-4,9-10H2;3-20H,1-2H2/t;3-,4-,5+,6+,7-,8-,9-,10-,11-,12+/m.1/s1. The summed E-state index contributed by atoms with van der Waals surface area (Å²) in [7, 11) is 0. The molecular weight excluding hydrogens is 588 g/mol. The number of fused-ring (bicyclic) bond motifs is 2. The number of ether oxygens (including phenoxy) is 3. The van der Waals surface area contributed by atoms with Crippen molar-refractivity contribution in [1.82, 2.24) is 9.97 Å². The van der Waals surface area contributed by atoms with Crippen molar-refractivity contribution in [3.63, 3.8) is 0 Å². The summed E-state index contributed by atoms with van der Waals surface area (Å²) < 4.78 is 15.3. The topological polar surface area (TPSA) is 221 Å². The molecule has 0 bridgehead atoms. The van der Waals surface area contributed by atoms with E-state index in [1.54, 1.807) is 0 Å². The molecule has 2 fully saturated rings. The zero-order valence-corrected chi connectivity index (χ0v) is 24.6. The molecule has 2 aliphatic heterocycles. The first kappa shape index (κ1) is 33.4. The number of aromatic nitrogens is 2. The van der Waals surface area contributed by atoms with Crippen LogP contribution < -0.4 is 0 Å². The maximum Gasteiger partial charge on any atom is 0.187 e. The average Bonchev–Trinajstić information content (AvgIpc) is 3.67. The van der Waals surface area contributed by atoms with Gasteiger partial charge in [0, 0.05) is 22.4 Å². The Bertz CT molecular complexity index is 1350. The molecule has 2 aromatic carbocycles. The van der Waals surface area contributed by atoms with Gasteiger partial charge in [-0.2, -0.15) is 0 Å². The molecule has 13 heteroatoms. The third kappa shape index (κ3) is 7.73. The third-order valence-corrected chi connectivity index (χ3v) is 8.29. The average molecular weight is 631 g/mol. The summed E-state index contributed by atoms with van der Waals surface area (Å²) in [5.41, 5.74) is 5.18. The summed E-state index contributed by atoms with van der Waals surface area (Å²) in [5.74, 6) is 0. The van der Waals surface area contributed by atoms with E-state index < -0.39 is 74.6 Å². The molecule has 246 valence electrons. The molecular formula is C32H42N2O11. The van der Waals surface area contributed by atoms with Crippen LogP contribution in [0.15, 0.2) is 60.7 Å². The van der Waals surface area contributed by atoms with Gasteiger partial charge in [0.15, 0.2) is 12.6 Å². The molecule has 13 nitrogen and oxygen atoms in total. The molecule has 2 saturated heterocycles. The Kier molecular flexibility index (Phi) is 11.2. The molecule has 0 amide bonds. The molecule has 0 spiro atoms. The maximum atomic E-state index is 9.94. The number of para-hydroxylation sites is 2. The van der Waals surface area contributed by atoms with Crippen LogP contribution in [0.3, 0.4) is 0 Å². The second-order valence-electron chi connectivity index (χ2n) is 11.5. The van der Waals surface area contributed by atoms with Crippen LogP contribution in [0, 0.1) is 0 Å². The van der Waals surface area contributed by atoms with E-state index in [0.717, 1.165) is 12.8 Å². The minimum absolute atomic E-state index is 0.667. The predicted molar refractivity (Wildman–Crippen MR) is 162 cm³/mol. The van der Waals surface area contributed by atoms with Crippen LogP contribution >= 0.6 is 0 Å². The fourth-order valence-corrected chi connectivity index (χ4v) is 5.74. The van der Waals surface area contributed by atoms with Crippen molar-refractivity contribution in [2.45, 2.75) is 87.1 Å². The van der Waals surface area contributed by atoms with E-state index in [1.165, 1.54) is 46.0 Å². The molecule has 0 saturated carbocycles. The summed E-state index contributed by atoms with van der Waals surface area (Å²) in [5, 5.41) is 79.1. The zero-order valence-electron chi connectivity index (χ0n) is 24.6. The highest BCUT2D eigenvalue weighted by atomic mass is 16.7. The molecule has 0 aliphatic carbocycles. The fourth-order valence-electron chi connectivity index (χ4n) is 5.74. The number of rotatable bonds is 9. The molecule has 10 atom stereocenters. The van der Waals surface area contributed by atoms with Gasteiger partial charge in [-0.1, -0.05) is 36.4 Å². The Hall–Kier alpha value is -2.92. The normalized spacial score (nSPS) is 32.0. The van der Waals surface area contributed by atoms with E-state index in [9.17, 15) is 35.7 Å². The lowest BCUT2D eigenvalue weighted by Crippen LogP contribution is -2.64. The number of nitrogens with one attached hydrogen (secondary N) is 2. The van der Waals surface area contributed by atoms with Gasteiger partial charge in [-0.15, -0.1) is 0 Å². The first-order chi connectivity index (χ1) is 21.7. The van der Waals surface area contributed by atoms with Gasteiger partial charge in [0.1, 0.15) is 48.8 Å². The van der Waals surface area contributed by atoms with Crippen LogP contribution in [-0.2, 0) is 27.1 Å². The molecule has 45 heavy (non-hydrogen) atoms. The summed E-state index contributed by atoms with van der Waals surface area (Å²) >= 11 is 0. The van der Waals surface area contributed by atoms with Crippen molar-refractivity contribution in [2.75, 3.05) is 13.2 Å². The van der Waals surface area contributed by atoms with E-state index in [0.29, 0.717) is 0 Å². The van der Waals surface area contributed by atoms with Crippen LogP contribution in [0.4, 0.5) is 0 Å².